The number of anilines is 1. The number of nitrogens with zero attached hydrogens (tertiary/aromatic N) is 3. The molecule has 1 aromatic carbocycles. The molecule has 2 N–H and O–H groups in total. The molecule has 6 heteroatoms. The first kappa shape index (κ1) is 19.7. The van der Waals surface area contributed by atoms with E-state index in [9.17, 15) is 0 Å². The maximum Gasteiger partial charge on any atom is 0.151 e. The number of benzene rings is 1. The topological polar surface area (TPSA) is 66.0 Å². The number of thioether (sulfide) groups is 1. The maximum atomic E-state index is 6.07. The number of ether oxygens (including phenoxy) is 1. The van der Waals surface area contributed by atoms with Crippen molar-refractivity contribution in [2.24, 2.45) is 0 Å². The highest BCUT2D eigenvalue weighted by molar-refractivity contribution is 7.99. The minimum Gasteiger partial charge on any atom is -0.382 e. The van der Waals surface area contributed by atoms with Crippen molar-refractivity contribution < 1.29 is 4.74 Å². The van der Waals surface area contributed by atoms with Crippen LogP contribution in [0.25, 0.3) is 11.0 Å². The molecule has 27 heavy (non-hydrogen) atoms. The van der Waals surface area contributed by atoms with Gasteiger partial charge in [-0.05, 0) is 50.1 Å². The van der Waals surface area contributed by atoms with Crippen molar-refractivity contribution in [1.82, 2.24) is 14.5 Å². The van der Waals surface area contributed by atoms with E-state index in [1.165, 1.54) is 17.7 Å². The molecule has 0 bridgehead atoms. The van der Waals surface area contributed by atoms with Crippen molar-refractivity contribution >= 4 is 28.6 Å². The second-order valence-electron chi connectivity index (χ2n) is 6.75. The lowest BCUT2D eigenvalue weighted by molar-refractivity contribution is 0.109. The van der Waals surface area contributed by atoms with Gasteiger partial charge in [0.05, 0.1) is 5.52 Å². The quantitative estimate of drug-likeness (QED) is 0.416. The summed E-state index contributed by atoms with van der Waals surface area (Å²) in [7, 11) is 1.71. The average Bonchev–Trinajstić information content (AvgIpc) is 3.08. The van der Waals surface area contributed by atoms with E-state index >= 15 is 0 Å². The molecule has 3 aromatic rings. The standard InChI is InChI=1S/C21H28N4OS/c1-15-14-23-20(22)18-19(15)25(21(24-18)16(2)26-3)12-8-5-9-13-27-17-10-6-4-7-11-17/h4,6-7,10-11,14,16H,5,8-9,12-13H2,1-3H3,(H2,22,23). The Morgan fingerprint density at radius 2 is 1.96 bits per heavy atom. The average molecular weight is 385 g/mol. The zero-order valence-electron chi connectivity index (χ0n) is 16.3. The number of rotatable bonds is 9. The Morgan fingerprint density at radius 1 is 1.19 bits per heavy atom. The second-order valence-corrected chi connectivity index (χ2v) is 7.91. The summed E-state index contributed by atoms with van der Waals surface area (Å²) >= 11 is 1.92. The molecule has 0 saturated heterocycles. The molecular weight excluding hydrogens is 356 g/mol. The Kier molecular flexibility index (Phi) is 6.74. The van der Waals surface area contributed by atoms with Gasteiger partial charge in [-0.1, -0.05) is 24.6 Å². The highest BCUT2D eigenvalue weighted by Crippen LogP contribution is 2.28. The minimum atomic E-state index is -0.0789. The fourth-order valence-corrected chi connectivity index (χ4v) is 4.17. The van der Waals surface area contributed by atoms with Crippen molar-refractivity contribution in [1.29, 1.82) is 0 Å². The molecule has 3 rings (SSSR count). The Morgan fingerprint density at radius 3 is 2.70 bits per heavy atom. The first-order valence-corrected chi connectivity index (χ1v) is 10.4. The van der Waals surface area contributed by atoms with Gasteiger partial charge in [-0.3, -0.25) is 0 Å². The third kappa shape index (κ3) is 4.62. The van der Waals surface area contributed by atoms with Crippen LogP contribution in [0.2, 0.25) is 0 Å². The fraction of sp³-hybridized carbons (Fsp3) is 0.429. The minimum absolute atomic E-state index is 0.0789. The Labute approximate surface area is 165 Å². The van der Waals surface area contributed by atoms with E-state index in [-0.39, 0.29) is 6.10 Å². The number of pyridine rings is 1. The first-order chi connectivity index (χ1) is 13.1. The molecule has 0 radical (unpaired) electrons. The summed E-state index contributed by atoms with van der Waals surface area (Å²) in [6.07, 6.45) is 5.23. The molecule has 1 unspecified atom stereocenters. The summed E-state index contributed by atoms with van der Waals surface area (Å²) < 4.78 is 7.80. The SMILES string of the molecule is COC(C)c1nc2c(N)ncc(C)c2n1CCCCCSc1ccccc1. The lowest BCUT2D eigenvalue weighted by Gasteiger charge is -2.14. The van der Waals surface area contributed by atoms with Gasteiger partial charge in [0, 0.05) is 24.7 Å². The zero-order chi connectivity index (χ0) is 19.2. The van der Waals surface area contributed by atoms with Gasteiger partial charge >= 0.3 is 0 Å². The number of unbranched alkanes of at least 4 members (excludes halogenated alkanes) is 2. The molecule has 0 saturated carbocycles. The third-order valence-electron chi connectivity index (χ3n) is 4.77. The second kappa shape index (κ2) is 9.24. The van der Waals surface area contributed by atoms with Gasteiger partial charge in [0.25, 0.3) is 0 Å². The molecule has 0 amide bonds. The molecule has 0 spiro atoms. The van der Waals surface area contributed by atoms with Gasteiger partial charge in [-0.15, -0.1) is 11.8 Å². The summed E-state index contributed by atoms with van der Waals surface area (Å²) in [4.78, 5) is 10.3. The Hall–Kier alpha value is -2.05. The molecule has 5 nitrogen and oxygen atoms in total. The first-order valence-electron chi connectivity index (χ1n) is 9.43. The normalized spacial score (nSPS) is 12.6. The van der Waals surface area contributed by atoms with Gasteiger partial charge in [0.2, 0.25) is 0 Å². The van der Waals surface area contributed by atoms with E-state index in [1.54, 1.807) is 7.11 Å². The predicted octanol–water partition coefficient (Wildman–Crippen LogP) is 4.99. The van der Waals surface area contributed by atoms with Gasteiger partial charge in [-0.25, -0.2) is 9.97 Å². The molecule has 2 heterocycles. The molecule has 0 aliphatic rings. The fourth-order valence-electron chi connectivity index (χ4n) is 3.23. The molecule has 1 atom stereocenters. The van der Waals surface area contributed by atoms with Gasteiger partial charge in [-0.2, -0.15) is 0 Å². The summed E-state index contributed by atoms with van der Waals surface area (Å²) in [6.45, 7) is 5.00. The number of imidazole rings is 1. The molecule has 2 aromatic heterocycles. The van der Waals surface area contributed by atoms with Crippen LogP contribution in [-0.4, -0.2) is 27.4 Å². The Bertz CT molecular complexity index is 879. The number of nitrogen functional groups attached to an aromatic ring is 1. The van der Waals surface area contributed by atoms with Crippen LogP contribution in [0, 0.1) is 6.92 Å². The monoisotopic (exact) mass is 384 g/mol. The van der Waals surface area contributed by atoms with Crippen LogP contribution in [0.5, 0.6) is 0 Å². The van der Waals surface area contributed by atoms with Crippen LogP contribution in [0.3, 0.4) is 0 Å². The molecule has 144 valence electrons. The van der Waals surface area contributed by atoms with Gasteiger partial charge in [0.1, 0.15) is 17.4 Å². The number of aromatic nitrogens is 3. The summed E-state index contributed by atoms with van der Waals surface area (Å²) in [5.41, 5.74) is 9.04. The van der Waals surface area contributed by atoms with Crippen LogP contribution in [-0.2, 0) is 11.3 Å². The van der Waals surface area contributed by atoms with Gasteiger partial charge in [0.15, 0.2) is 5.82 Å². The van der Waals surface area contributed by atoms with E-state index < -0.39 is 0 Å². The van der Waals surface area contributed by atoms with Crippen LogP contribution >= 0.6 is 11.8 Å². The summed E-state index contributed by atoms with van der Waals surface area (Å²) in [5.74, 6) is 2.55. The van der Waals surface area contributed by atoms with Crippen molar-refractivity contribution in [3.63, 3.8) is 0 Å². The number of fused-ring (bicyclic) bond motifs is 1. The van der Waals surface area contributed by atoms with E-state index in [1.807, 2.05) is 24.9 Å². The van der Waals surface area contributed by atoms with Crippen molar-refractivity contribution in [3.8, 4) is 0 Å². The van der Waals surface area contributed by atoms with Gasteiger partial charge < -0.3 is 15.0 Å². The maximum absolute atomic E-state index is 6.07. The number of hydrogen-bond acceptors (Lipinski definition) is 5. The predicted molar refractivity (Wildman–Crippen MR) is 113 cm³/mol. The van der Waals surface area contributed by atoms with E-state index in [4.69, 9.17) is 15.5 Å². The Balaban J connectivity index is 1.64. The van der Waals surface area contributed by atoms with E-state index in [2.05, 4.69) is 46.8 Å². The number of nitrogens with two attached hydrogens (primary N) is 1. The number of hydrogen-bond donors (Lipinski definition) is 1. The van der Waals surface area contributed by atoms with Crippen molar-refractivity contribution in [3.05, 3.63) is 47.9 Å². The highest BCUT2D eigenvalue weighted by Gasteiger charge is 2.19. The number of methoxy groups -OCH3 is 1. The van der Waals surface area contributed by atoms with Crippen molar-refractivity contribution in [2.75, 3.05) is 18.6 Å². The van der Waals surface area contributed by atoms with Crippen LogP contribution < -0.4 is 5.73 Å². The van der Waals surface area contributed by atoms with E-state index in [0.717, 1.165) is 41.1 Å². The molecule has 0 aliphatic carbocycles. The van der Waals surface area contributed by atoms with E-state index in [0.29, 0.717) is 5.82 Å². The van der Waals surface area contributed by atoms with Crippen LogP contribution in [0.1, 0.15) is 43.7 Å². The third-order valence-corrected chi connectivity index (χ3v) is 5.86. The summed E-state index contributed by atoms with van der Waals surface area (Å²) in [5, 5.41) is 0. The largest absolute Gasteiger partial charge is 0.382 e. The summed E-state index contributed by atoms with van der Waals surface area (Å²) in [6, 6.07) is 10.6. The lowest BCUT2D eigenvalue weighted by Crippen LogP contribution is -2.09. The molecule has 0 aliphatic heterocycles. The van der Waals surface area contributed by atoms with Crippen LogP contribution in [0.4, 0.5) is 5.82 Å². The zero-order valence-corrected chi connectivity index (χ0v) is 17.1. The highest BCUT2D eigenvalue weighted by atomic mass is 32.2. The van der Waals surface area contributed by atoms with Crippen LogP contribution in [0.15, 0.2) is 41.4 Å². The number of aryl methyl sites for hydroxylation is 2. The smallest absolute Gasteiger partial charge is 0.151 e. The van der Waals surface area contributed by atoms with Crippen molar-refractivity contribution in [2.45, 2.75) is 50.7 Å². The molecule has 0 fully saturated rings. The lowest BCUT2D eigenvalue weighted by atomic mass is 10.2. The molecular formula is C21H28N4OS.